The first-order chi connectivity index (χ1) is 15.9. The Morgan fingerprint density at radius 2 is 1.85 bits per heavy atom. The van der Waals surface area contributed by atoms with Crippen molar-refractivity contribution in [3.63, 3.8) is 0 Å². The maximum atomic E-state index is 12.3. The number of carbonyl (C=O) groups excluding carboxylic acids is 1. The van der Waals surface area contributed by atoms with E-state index in [0.717, 1.165) is 29.8 Å². The SMILES string of the molecule is CCC(C)(C)c1ccc(OCCCC(=O)Nc2nc(-c3ccc4c(c3)CCCC4)cs2)cc1. The molecule has 4 rings (SSSR count). The van der Waals surface area contributed by atoms with Gasteiger partial charge in [-0.25, -0.2) is 4.98 Å². The van der Waals surface area contributed by atoms with Crippen molar-refractivity contribution < 1.29 is 9.53 Å². The van der Waals surface area contributed by atoms with Crippen LogP contribution in [0.25, 0.3) is 11.3 Å². The number of amides is 1. The number of hydrogen-bond acceptors (Lipinski definition) is 4. The Morgan fingerprint density at radius 3 is 2.61 bits per heavy atom. The minimum atomic E-state index is -0.0232. The van der Waals surface area contributed by atoms with Gasteiger partial charge in [0.2, 0.25) is 5.91 Å². The average molecular weight is 463 g/mol. The van der Waals surface area contributed by atoms with Crippen LogP contribution in [0.1, 0.15) is 69.6 Å². The second kappa shape index (κ2) is 10.5. The van der Waals surface area contributed by atoms with Gasteiger partial charge >= 0.3 is 0 Å². The van der Waals surface area contributed by atoms with Crippen LogP contribution in [0.15, 0.2) is 47.8 Å². The van der Waals surface area contributed by atoms with Gasteiger partial charge in [-0.2, -0.15) is 0 Å². The number of ether oxygens (including phenoxy) is 1. The van der Waals surface area contributed by atoms with Gasteiger partial charge < -0.3 is 10.1 Å². The highest BCUT2D eigenvalue weighted by Gasteiger charge is 2.17. The summed E-state index contributed by atoms with van der Waals surface area (Å²) in [5, 5.41) is 5.61. The molecular formula is C28H34N2O2S. The lowest BCUT2D eigenvalue weighted by Gasteiger charge is -2.23. The molecule has 0 aliphatic heterocycles. The topological polar surface area (TPSA) is 51.2 Å². The van der Waals surface area contributed by atoms with Gasteiger partial charge in [0, 0.05) is 17.4 Å². The highest BCUT2D eigenvalue weighted by molar-refractivity contribution is 7.14. The molecule has 0 radical (unpaired) electrons. The standard InChI is InChI=1S/C28H34N2O2S/c1-4-28(2,3)23-13-15-24(16-14-23)32-17-7-10-26(31)30-27-29-25(19-33-27)22-12-11-20-8-5-6-9-21(20)18-22/h11-16,18-19H,4-10,17H2,1-3H3,(H,29,30,31). The van der Waals surface area contributed by atoms with Crippen LogP contribution in [-0.2, 0) is 23.1 Å². The third-order valence-corrected chi connectivity index (χ3v) is 7.49. The zero-order chi connectivity index (χ0) is 23.3. The lowest BCUT2D eigenvalue weighted by molar-refractivity contribution is -0.116. The van der Waals surface area contributed by atoms with E-state index in [1.807, 2.05) is 17.5 Å². The minimum absolute atomic E-state index is 0.0232. The second-order valence-electron chi connectivity index (χ2n) is 9.49. The van der Waals surface area contributed by atoms with Crippen molar-refractivity contribution in [1.29, 1.82) is 0 Å². The number of benzene rings is 2. The molecule has 174 valence electrons. The van der Waals surface area contributed by atoms with Crippen molar-refractivity contribution in [2.24, 2.45) is 0 Å². The Bertz CT molecular complexity index is 1090. The van der Waals surface area contributed by atoms with E-state index in [4.69, 9.17) is 4.74 Å². The van der Waals surface area contributed by atoms with E-state index in [2.05, 4.69) is 61.4 Å². The van der Waals surface area contributed by atoms with Crippen LogP contribution in [0.4, 0.5) is 5.13 Å². The molecule has 1 amide bonds. The number of aryl methyl sites for hydroxylation is 2. The highest BCUT2D eigenvalue weighted by atomic mass is 32.1. The van der Waals surface area contributed by atoms with Crippen LogP contribution in [0.3, 0.4) is 0 Å². The zero-order valence-electron chi connectivity index (χ0n) is 19.9. The molecule has 2 aromatic carbocycles. The van der Waals surface area contributed by atoms with E-state index in [1.165, 1.54) is 47.3 Å². The van der Waals surface area contributed by atoms with E-state index in [1.54, 1.807) is 0 Å². The van der Waals surface area contributed by atoms with Crippen LogP contribution in [-0.4, -0.2) is 17.5 Å². The zero-order valence-corrected chi connectivity index (χ0v) is 20.8. The summed E-state index contributed by atoms with van der Waals surface area (Å²) in [7, 11) is 0. The number of anilines is 1. The molecule has 0 saturated carbocycles. The summed E-state index contributed by atoms with van der Waals surface area (Å²) in [4.78, 5) is 17.0. The predicted octanol–water partition coefficient (Wildman–Crippen LogP) is 7.17. The molecule has 3 aromatic rings. The number of aromatic nitrogens is 1. The molecule has 0 atom stereocenters. The number of nitrogens with zero attached hydrogens (tertiary/aromatic N) is 1. The normalized spacial score (nSPS) is 13.4. The van der Waals surface area contributed by atoms with E-state index < -0.39 is 0 Å². The summed E-state index contributed by atoms with van der Waals surface area (Å²) in [5.74, 6) is 0.825. The van der Waals surface area contributed by atoms with Crippen LogP contribution < -0.4 is 10.1 Å². The predicted molar refractivity (Wildman–Crippen MR) is 137 cm³/mol. The molecule has 1 aromatic heterocycles. The van der Waals surface area contributed by atoms with Gasteiger partial charge in [-0.1, -0.05) is 45.0 Å². The largest absolute Gasteiger partial charge is 0.494 e. The molecule has 1 heterocycles. The van der Waals surface area contributed by atoms with E-state index in [0.29, 0.717) is 24.6 Å². The number of thiazole rings is 1. The Balaban J connectivity index is 1.23. The molecular weight excluding hydrogens is 428 g/mol. The molecule has 33 heavy (non-hydrogen) atoms. The molecule has 1 aliphatic carbocycles. The van der Waals surface area contributed by atoms with Crippen LogP contribution in [0.5, 0.6) is 5.75 Å². The van der Waals surface area contributed by atoms with Crippen molar-refractivity contribution in [1.82, 2.24) is 4.98 Å². The van der Waals surface area contributed by atoms with Crippen LogP contribution in [0.2, 0.25) is 0 Å². The lowest BCUT2D eigenvalue weighted by atomic mass is 9.82. The van der Waals surface area contributed by atoms with Gasteiger partial charge in [0.05, 0.1) is 12.3 Å². The Hall–Kier alpha value is -2.66. The van der Waals surface area contributed by atoms with E-state index in [-0.39, 0.29) is 11.3 Å². The van der Waals surface area contributed by atoms with Crippen molar-refractivity contribution in [3.05, 3.63) is 64.5 Å². The molecule has 0 fully saturated rings. The molecule has 0 unspecified atom stereocenters. The smallest absolute Gasteiger partial charge is 0.226 e. The van der Waals surface area contributed by atoms with Gasteiger partial charge in [-0.05, 0) is 78.8 Å². The third kappa shape index (κ3) is 6.02. The molecule has 5 heteroatoms. The third-order valence-electron chi connectivity index (χ3n) is 6.73. The number of hydrogen-bond donors (Lipinski definition) is 1. The van der Waals surface area contributed by atoms with Crippen LogP contribution >= 0.6 is 11.3 Å². The fraction of sp³-hybridized carbons (Fsp3) is 0.429. The first-order valence-electron chi connectivity index (χ1n) is 12.1. The first-order valence-corrected chi connectivity index (χ1v) is 12.9. The van der Waals surface area contributed by atoms with Crippen molar-refractivity contribution in [3.8, 4) is 17.0 Å². The molecule has 1 N–H and O–H groups in total. The summed E-state index contributed by atoms with van der Waals surface area (Å²) < 4.78 is 5.82. The van der Waals surface area contributed by atoms with Crippen molar-refractivity contribution in [2.45, 2.75) is 71.1 Å². The van der Waals surface area contributed by atoms with Gasteiger partial charge in [0.1, 0.15) is 5.75 Å². The maximum absolute atomic E-state index is 12.3. The minimum Gasteiger partial charge on any atom is -0.494 e. The average Bonchev–Trinajstić information content (AvgIpc) is 3.30. The maximum Gasteiger partial charge on any atom is 0.226 e. The number of rotatable bonds is 9. The van der Waals surface area contributed by atoms with E-state index >= 15 is 0 Å². The van der Waals surface area contributed by atoms with Gasteiger partial charge in [0.15, 0.2) is 5.13 Å². The summed E-state index contributed by atoms with van der Waals surface area (Å²) in [6.07, 6.45) is 7.05. The molecule has 0 saturated heterocycles. The quantitative estimate of drug-likeness (QED) is 0.343. The summed E-state index contributed by atoms with van der Waals surface area (Å²) >= 11 is 1.48. The fourth-order valence-corrected chi connectivity index (χ4v) is 4.90. The first kappa shape index (κ1) is 23.5. The monoisotopic (exact) mass is 462 g/mol. The van der Waals surface area contributed by atoms with Crippen molar-refractivity contribution in [2.75, 3.05) is 11.9 Å². The highest BCUT2D eigenvalue weighted by Crippen LogP contribution is 2.30. The van der Waals surface area contributed by atoms with E-state index in [9.17, 15) is 4.79 Å². The molecule has 4 nitrogen and oxygen atoms in total. The Kier molecular flexibility index (Phi) is 7.49. The second-order valence-corrected chi connectivity index (χ2v) is 10.3. The Labute approximate surface area is 201 Å². The molecule has 0 spiro atoms. The number of nitrogens with one attached hydrogen (secondary N) is 1. The summed E-state index contributed by atoms with van der Waals surface area (Å²) in [6, 6.07) is 15.0. The van der Waals surface area contributed by atoms with Gasteiger partial charge in [-0.15, -0.1) is 11.3 Å². The van der Waals surface area contributed by atoms with Crippen molar-refractivity contribution >= 4 is 22.4 Å². The summed E-state index contributed by atoms with van der Waals surface area (Å²) in [6.45, 7) is 7.22. The molecule has 1 aliphatic rings. The Morgan fingerprint density at radius 1 is 1.09 bits per heavy atom. The lowest BCUT2D eigenvalue weighted by Crippen LogP contribution is -2.15. The number of carbonyl (C=O) groups is 1. The number of fused-ring (bicyclic) bond motifs is 1. The molecule has 0 bridgehead atoms. The van der Waals surface area contributed by atoms with Gasteiger partial charge in [0.25, 0.3) is 0 Å². The fourth-order valence-electron chi connectivity index (χ4n) is 4.17. The van der Waals surface area contributed by atoms with Crippen LogP contribution in [0, 0.1) is 0 Å². The summed E-state index contributed by atoms with van der Waals surface area (Å²) in [5.41, 5.74) is 6.47. The van der Waals surface area contributed by atoms with Gasteiger partial charge in [-0.3, -0.25) is 4.79 Å².